The molecule has 0 aliphatic carbocycles. The molecule has 0 amide bonds. The lowest BCUT2D eigenvalue weighted by molar-refractivity contribution is -0.159. The third kappa shape index (κ3) is 3.24. The molecule has 0 bridgehead atoms. The number of hydrogen-bond acceptors (Lipinski definition) is 6. The summed E-state index contributed by atoms with van der Waals surface area (Å²) in [6, 6.07) is 0. The highest BCUT2D eigenvalue weighted by molar-refractivity contribution is 7.11. The van der Waals surface area contributed by atoms with Crippen molar-refractivity contribution in [3.8, 4) is 0 Å². The van der Waals surface area contributed by atoms with Crippen LogP contribution in [0, 0.1) is 6.92 Å². The van der Waals surface area contributed by atoms with E-state index in [0.717, 1.165) is 18.1 Å². The summed E-state index contributed by atoms with van der Waals surface area (Å²) in [5.41, 5.74) is 0. The Kier molecular flexibility index (Phi) is 4.09. The number of morpholine rings is 1. The maximum Gasteiger partial charge on any atom is 0.336 e. The van der Waals surface area contributed by atoms with Gasteiger partial charge in [-0.25, -0.2) is 9.78 Å². The molecule has 0 aromatic carbocycles. The van der Waals surface area contributed by atoms with Crippen LogP contribution in [0.3, 0.4) is 0 Å². The molecule has 0 saturated carbocycles. The fraction of sp³-hybridized carbons (Fsp3) is 0.636. The van der Waals surface area contributed by atoms with Crippen LogP contribution in [0.2, 0.25) is 0 Å². The number of nitrogens with zero attached hydrogens (tertiary/aromatic N) is 2. The molecule has 0 N–H and O–H groups in total. The fourth-order valence-electron chi connectivity index (χ4n) is 1.82. The van der Waals surface area contributed by atoms with Gasteiger partial charge in [0.25, 0.3) is 0 Å². The van der Waals surface area contributed by atoms with Gasteiger partial charge in [0.2, 0.25) is 0 Å². The highest BCUT2D eigenvalue weighted by atomic mass is 32.1. The Balaban J connectivity index is 1.91. The summed E-state index contributed by atoms with van der Waals surface area (Å²) in [4.78, 5) is 19.0. The van der Waals surface area contributed by atoms with E-state index >= 15 is 0 Å². The van der Waals surface area contributed by atoms with E-state index in [2.05, 4.69) is 9.88 Å². The van der Waals surface area contributed by atoms with E-state index in [0.29, 0.717) is 13.2 Å². The Morgan fingerprint density at radius 3 is 3.24 bits per heavy atom. The zero-order chi connectivity index (χ0) is 12.3. The van der Waals surface area contributed by atoms with Crippen molar-refractivity contribution in [3.63, 3.8) is 0 Å². The molecular formula is C11H16N2O3S. The molecule has 1 aromatic heterocycles. The standard InChI is InChI=1S/C11H16N2O3S/c1-8-12-5-9(17-8)6-13-3-4-16-10(7-13)11(14)15-2/h5,10H,3-4,6-7H2,1-2H3. The van der Waals surface area contributed by atoms with Crippen LogP contribution in [0.15, 0.2) is 6.20 Å². The molecule has 6 heteroatoms. The van der Waals surface area contributed by atoms with Crippen LogP contribution in [-0.2, 0) is 20.8 Å². The number of thiazole rings is 1. The maximum absolute atomic E-state index is 11.4. The molecule has 0 spiro atoms. The molecule has 2 heterocycles. The number of carbonyl (C=O) groups is 1. The second kappa shape index (κ2) is 5.57. The molecule has 1 unspecified atom stereocenters. The summed E-state index contributed by atoms with van der Waals surface area (Å²) in [5.74, 6) is -0.296. The van der Waals surface area contributed by atoms with E-state index in [1.54, 1.807) is 11.3 Å². The van der Waals surface area contributed by atoms with E-state index in [1.807, 2.05) is 13.1 Å². The molecule has 1 fully saturated rings. The molecule has 1 aliphatic heterocycles. The Morgan fingerprint density at radius 2 is 2.59 bits per heavy atom. The summed E-state index contributed by atoms with van der Waals surface area (Å²) in [6.45, 7) is 4.80. The maximum atomic E-state index is 11.4. The fourth-order valence-corrected chi connectivity index (χ4v) is 2.66. The molecule has 94 valence electrons. The minimum atomic E-state index is -0.456. The van der Waals surface area contributed by atoms with Gasteiger partial charge in [-0.05, 0) is 6.92 Å². The molecule has 1 aromatic rings. The van der Waals surface area contributed by atoms with Gasteiger partial charge in [0, 0.05) is 30.7 Å². The number of aromatic nitrogens is 1. The molecule has 1 aliphatic rings. The normalized spacial score (nSPS) is 21.4. The molecule has 1 atom stereocenters. The van der Waals surface area contributed by atoms with Gasteiger partial charge in [-0.15, -0.1) is 11.3 Å². The van der Waals surface area contributed by atoms with Gasteiger partial charge in [-0.2, -0.15) is 0 Å². The highest BCUT2D eigenvalue weighted by Gasteiger charge is 2.27. The SMILES string of the molecule is COC(=O)C1CN(Cc2cnc(C)s2)CCO1. The third-order valence-corrected chi connectivity index (χ3v) is 3.56. The van der Waals surface area contributed by atoms with Gasteiger partial charge >= 0.3 is 5.97 Å². The molecule has 0 radical (unpaired) electrons. The zero-order valence-electron chi connectivity index (χ0n) is 10.0. The number of rotatable bonds is 3. The van der Waals surface area contributed by atoms with Gasteiger partial charge in [0.15, 0.2) is 6.10 Å². The Bertz CT molecular complexity index is 394. The monoisotopic (exact) mass is 256 g/mol. The minimum absolute atomic E-state index is 0.296. The van der Waals surface area contributed by atoms with Crippen molar-refractivity contribution >= 4 is 17.3 Å². The number of ether oxygens (including phenoxy) is 2. The summed E-state index contributed by atoms with van der Waals surface area (Å²) in [7, 11) is 1.39. The number of methoxy groups -OCH3 is 1. The second-order valence-corrected chi connectivity index (χ2v) is 5.28. The van der Waals surface area contributed by atoms with E-state index in [9.17, 15) is 4.79 Å². The van der Waals surface area contributed by atoms with E-state index < -0.39 is 6.10 Å². The van der Waals surface area contributed by atoms with Crippen LogP contribution in [0.5, 0.6) is 0 Å². The Labute approximate surface area is 104 Å². The van der Waals surface area contributed by atoms with Crippen molar-refractivity contribution in [3.05, 3.63) is 16.1 Å². The van der Waals surface area contributed by atoms with Crippen molar-refractivity contribution < 1.29 is 14.3 Å². The quantitative estimate of drug-likeness (QED) is 0.750. The lowest BCUT2D eigenvalue weighted by Crippen LogP contribution is -2.45. The van der Waals surface area contributed by atoms with E-state index in [-0.39, 0.29) is 5.97 Å². The van der Waals surface area contributed by atoms with E-state index in [4.69, 9.17) is 9.47 Å². The number of aryl methyl sites for hydroxylation is 1. The average molecular weight is 256 g/mol. The van der Waals surface area contributed by atoms with Crippen molar-refractivity contribution in [1.82, 2.24) is 9.88 Å². The molecule has 1 saturated heterocycles. The number of carbonyl (C=O) groups excluding carboxylic acids is 1. The molecular weight excluding hydrogens is 240 g/mol. The Hall–Kier alpha value is -0.980. The first-order chi connectivity index (χ1) is 8.19. The van der Waals surface area contributed by atoms with Crippen LogP contribution in [0.25, 0.3) is 0 Å². The summed E-state index contributed by atoms with van der Waals surface area (Å²) in [5, 5.41) is 1.07. The topological polar surface area (TPSA) is 51.7 Å². The average Bonchev–Trinajstić information content (AvgIpc) is 2.74. The van der Waals surface area contributed by atoms with Crippen molar-refractivity contribution in [1.29, 1.82) is 0 Å². The third-order valence-electron chi connectivity index (χ3n) is 2.66. The number of hydrogen-bond donors (Lipinski definition) is 0. The molecule has 17 heavy (non-hydrogen) atoms. The van der Waals surface area contributed by atoms with Crippen LogP contribution >= 0.6 is 11.3 Å². The zero-order valence-corrected chi connectivity index (χ0v) is 10.8. The molecule has 5 nitrogen and oxygen atoms in total. The van der Waals surface area contributed by atoms with Crippen molar-refractivity contribution in [2.24, 2.45) is 0 Å². The lowest BCUT2D eigenvalue weighted by atomic mass is 10.2. The Morgan fingerprint density at radius 1 is 1.76 bits per heavy atom. The first-order valence-electron chi connectivity index (χ1n) is 5.52. The predicted octanol–water partition coefficient (Wildman–Crippen LogP) is 0.825. The summed E-state index contributed by atoms with van der Waals surface area (Å²) >= 11 is 1.69. The second-order valence-electron chi connectivity index (χ2n) is 3.96. The van der Waals surface area contributed by atoms with Crippen LogP contribution in [0.4, 0.5) is 0 Å². The molecule has 2 rings (SSSR count). The highest BCUT2D eigenvalue weighted by Crippen LogP contribution is 2.16. The number of esters is 1. The van der Waals surface area contributed by atoms with Crippen LogP contribution in [0.1, 0.15) is 9.88 Å². The van der Waals surface area contributed by atoms with Crippen LogP contribution in [-0.4, -0.2) is 48.8 Å². The largest absolute Gasteiger partial charge is 0.467 e. The van der Waals surface area contributed by atoms with Crippen molar-refractivity contribution in [2.75, 3.05) is 26.8 Å². The van der Waals surface area contributed by atoms with Gasteiger partial charge in [-0.1, -0.05) is 0 Å². The van der Waals surface area contributed by atoms with E-state index in [1.165, 1.54) is 12.0 Å². The van der Waals surface area contributed by atoms with Gasteiger partial charge in [-0.3, -0.25) is 4.90 Å². The van der Waals surface area contributed by atoms with Gasteiger partial charge in [0.1, 0.15) is 0 Å². The summed E-state index contributed by atoms with van der Waals surface area (Å²) < 4.78 is 10.1. The van der Waals surface area contributed by atoms with Crippen LogP contribution < -0.4 is 0 Å². The summed E-state index contributed by atoms with van der Waals surface area (Å²) in [6.07, 6.45) is 1.44. The minimum Gasteiger partial charge on any atom is -0.467 e. The first kappa shape index (κ1) is 12.5. The first-order valence-corrected chi connectivity index (χ1v) is 6.34. The predicted molar refractivity (Wildman–Crippen MR) is 63.9 cm³/mol. The smallest absolute Gasteiger partial charge is 0.336 e. The van der Waals surface area contributed by atoms with Gasteiger partial charge in [0.05, 0.1) is 18.7 Å². The van der Waals surface area contributed by atoms with Crippen molar-refractivity contribution in [2.45, 2.75) is 19.6 Å². The lowest BCUT2D eigenvalue weighted by Gasteiger charge is -2.30. The van der Waals surface area contributed by atoms with Gasteiger partial charge < -0.3 is 9.47 Å².